The molecule has 0 atom stereocenters. The number of nitrogens with zero attached hydrogens (tertiary/aromatic N) is 2. The van der Waals surface area contributed by atoms with E-state index in [2.05, 4.69) is 58.7 Å². The minimum atomic E-state index is -0.0195. The smallest absolute Gasteiger partial charge is 0.0394 e. The highest BCUT2D eigenvalue weighted by atomic mass is 15.1. The average Bonchev–Trinajstić information content (AvgIpc) is 3.13. The number of hydrogen-bond acceptors (Lipinski definition) is 4. The molecule has 4 heteroatoms. The number of nitrogens with two attached hydrogens (primary N) is 2. The van der Waals surface area contributed by atoms with E-state index < -0.39 is 0 Å². The fourth-order valence-corrected chi connectivity index (χ4v) is 5.67. The Balaban J connectivity index is 1.92. The number of fused-ring (bicyclic) bond motifs is 3. The Labute approximate surface area is 141 Å². The van der Waals surface area contributed by atoms with Crippen LogP contribution in [0.25, 0.3) is 11.1 Å². The van der Waals surface area contributed by atoms with Gasteiger partial charge in [-0.1, -0.05) is 48.5 Å². The molecule has 0 amide bonds. The lowest BCUT2D eigenvalue weighted by Gasteiger charge is -2.46. The monoisotopic (exact) mass is 316 g/mol. The molecule has 0 spiro atoms. The summed E-state index contributed by atoms with van der Waals surface area (Å²) in [6.45, 7) is 0. The van der Waals surface area contributed by atoms with Gasteiger partial charge in [-0.25, -0.2) is 0 Å². The molecule has 0 unspecified atom stereocenters. The molecule has 2 aromatic carbocycles. The van der Waals surface area contributed by atoms with Gasteiger partial charge in [0.25, 0.3) is 0 Å². The van der Waals surface area contributed by atoms with Crippen LogP contribution < -0.4 is 11.7 Å². The third kappa shape index (κ3) is 1.40. The minimum absolute atomic E-state index is 0.0195. The highest BCUT2D eigenvalue weighted by molar-refractivity contribution is 6.02. The highest BCUT2D eigenvalue weighted by Gasteiger charge is 2.65. The van der Waals surface area contributed by atoms with E-state index in [0.717, 1.165) is 37.1 Å². The Morgan fingerprint density at radius 1 is 0.625 bits per heavy atom. The third-order valence-corrected chi connectivity index (χ3v) is 6.48. The molecule has 5 rings (SSSR count). The van der Waals surface area contributed by atoms with Crippen LogP contribution in [-0.2, 0) is 10.8 Å². The number of benzene rings is 2. The fourth-order valence-electron chi connectivity index (χ4n) is 5.67. The zero-order valence-electron chi connectivity index (χ0n) is 13.5. The van der Waals surface area contributed by atoms with Gasteiger partial charge in [-0.3, -0.25) is 0 Å². The Bertz CT molecular complexity index is 818. The highest BCUT2D eigenvalue weighted by Crippen LogP contribution is 2.67. The second kappa shape index (κ2) is 4.47. The number of rotatable bonds is 0. The SMILES string of the molecule is NN=C1CC23CC(=NN)CC2(C1)c1ccccc1-c1ccccc13. The summed E-state index contributed by atoms with van der Waals surface area (Å²) in [5.41, 5.74) is 7.65. The van der Waals surface area contributed by atoms with Crippen LogP contribution in [0.1, 0.15) is 36.8 Å². The van der Waals surface area contributed by atoms with E-state index in [1.807, 2.05) is 0 Å². The van der Waals surface area contributed by atoms with E-state index in [-0.39, 0.29) is 10.8 Å². The van der Waals surface area contributed by atoms with Crippen molar-refractivity contribution in [3.63, 3.8) is 0 Å². The van der Waals surface area contributed by atoms with Crippen LogP contribution in [-0.4, -0.2) is 11.4 Å². The predicted octanol–water partition coefficient (Wildman–Crippen LogP) is 3.06. The molecular weight excluding hydrogens is 296 g/mol. The molecule has 0 bridgehead atoms. The van der Waals surface area contributed by atoms with Crippen LogP contribution in [0.3, 0.4) is 0 Å². The molecule has 24 heavy (non-hydrogen) atoms. The molecule has 0 aromatic heterocycles. The van der Waals surface area contributed by atoms with Gasteiger partial charge < -0.3 is 11.7 Å². The molecule has 0 aliphatic heterocycles. The standard InChI is InChI=1S/C20H20N4/c21-23-13-9-19-10-14(24-22)12-20(19,11-13)18-8-4-2-6-16(18)15-5-1-3-7-17(15)19/h1-8H,9-12,21-22H2. The van der Waals surface area contributed by atoms with E-state index in [1.54, 1.807) is 0 Å². The van der Waals surface area contributed by atoms with Crippen molar-refractivity contribution in [1.82, 2.24) is 0 Å². The number of hydrogen-bond donors (Lipinski definition) is 2. The van der Waals surface area contributed by atoms with E-state index in [9.17, 15) is 0 Å². The summed E-state index contributed by atoms with van der Waals surface area (Å²) in [5.74, 6) is 11.4. The molecule has 2 saturated carbocycles. The maximum atomic E-state index is 5.72. The van der Waals surface area contributed by atoms with Gasteiger partial charge in [0.05, 0.1) is 0 Å². The van der Waals surface area contributed by atoms with Gasteiger partial charge >= 0.3 is 0 Å². The second-order valence-corrected chi connectivity index (χ2v) is 7.35. The summed E-state index contributed by atoms with van der Waals surface area (Å²) in [7, 11) is 0. The van der Waals surface area contributed by atoms with Gasteiger partial charge in [-0.05, 0) is 47.9 Å². The van der Waals surface area contributed by atoms with E-state index in [4.69, 9.17) is 11.7 Å². The van der Waals surface area contributed by atoms with Crippen molar-refractivity contribution in [2.24, 2.45) is 21.9 Å². The largest absolute Gasteiger partial charge is 0.323 e. The van der Waals surface area contributed by atoms with Crippen molar-refractivity contribution < 1.29 is 0 Å². The lowest BCUT2D eigenvalue weighted by molar-refractivity contribution is 0.299. The van der Waals surface area contributed by atoms with Gasteiger partial charge in [0, 0.05) is 22.3 Å². The maximum Gasteiger partial charge on any atom is 0.0394 e. The second-order valence-electron chi connectivity index (χ2n) is 7.35. The first-order valence-electron chi connectivity index (χ1n) is 8.45. The molecule has 4 nitrogen and oxygen atoms in total. The van der Waals surface area contributed by atoms with Gasteiger partial charge in [0.2, 0.25) is 0 Å². The first-order valence-corrected chi connectivity index (χ1v) is 8.45. The zero-order chi connectivity index (χ0) is 16.4. The Kier molecular flexibility index (Phi) is 2.57. The minimum Gasteiger partial charge on any atom is -0.323 e. The summed E-state index contributed by atoms with van der Waals surface area (Å²) in [5, 5.41) is 8.25. The first-order chi connectivity index (χ1) is 11.7. The maximum absolute atomic E-state index is 5.72. The van der Waals surface area contributed by atoms with Crippen molar-refractivity contribution in [3.8, 4) is 11.1 Å². The van der Waals surface area contributed by atoms with Crippen LogP contribution in [0, 0.1) is 0 Å². The summed E-state index contributed by atoms with van der Waals surface area (Å²) in [6.07, 6.45) is 3.59. The van der Waals surface area contributed by atoms with Crippen molar-refractivity contribution in [2.45, 2.75) is 36.5 Å². The molecule has 120 valence electrons. The van der Waals surface area contributed by atoms with Gasteiger partial charge in [-0.15, -0.1) is 0 Å². The summed E-state index contributed by atoms with van der Waals surface area (Å²) in [6, 6.07) is 17.6. The van der Waals surface area contributed by atoms with E-state index in [1.165, 1.54) is 22.3 Å². The van der Waals surface area contributed by atoms with Crippen molar-refractivity contribution >= 4 is 11.4 Å². The lowest BCUT2D eigenvalue weighted by atomic mass is 9.55. The molecule has 2 fully saturated rings. The quantitative estimate of drug-likeness (QED) is 0.579. The van der Waals surface area contributed by atoms with Crippen molar-refractivity contribution in [1.29, 1.82) is 0 Å². The molecule has 2 aromatic rings. The van der Waals surface area contributed by atoms with Crippen molar-refractivity contribution in [3.05, 3.63) is 59.7 Å². The Hall–Kier alpha value is -2.62. The van der Waals surface area contributed by atoms with Gasteiger partial charge in [0.1, 0.15) is 0 Å². The average molecular weight is 316 g/mol. The zero-order valence-corrected chi connectivity index (χ0v) is 13.5. The van der Waals surface area contributed by atoms with Gasteiger partial charge in [0.15, 0.2) is 0 Å². The Morgan fingerprint density at radius 2 is 1.00 bits per heavy atom. The molecule has 4 N–H and O–H groups in total. The summed E-state index contributed by atoms with van der Waals surface area (Å²) >= 11 is 0. The van der Waals surface area contributed by atoms with Crippen LogP contribution in [0.2, 0.25) is 0 Å². The molecule has 0 heterocycles. The molecule has 0 saturated heterocycles. The van der Waals surface area contributed by atoms with Crippen LogP contribution in [0.5, 0.6) is 0 Å². The molecule has 3 aliphatic carbocycles. The van der Waals surface area contributed by atoms with Crippen LogP contribution >= 0.6 is 0 Å². The topological polar surface area (TPSA) is 76.8 Å². The molecular formula is C20H20N4. The van der Waals surface area contributed by atoms with E-state index >= 15 is 0 Å². The lowest BCUT2D eigenvalue weighted by Crippen LogP contribution is -2.43. The first kappa shape index (κ1) is 13.8. The van der Waals surface area contributed by atoms with E-state index in [0.29, 0.717) is 0 Å². The molecule has 3 aliphatic rings. The normalized spacial score (nSPS) is 29.5. The Morgan fingerprint density at radius 3 is 1.38 bits per heavy atom. The fraction of sp³-hybridized carbons (Fsp3) is 0.300. The summed E-state index contributed by atoms with van der Waals surface area (Å²) < 4.78 is 0. The predicted molar refractivity (Wildman–Crippen MR) is 96.9 cm³/mol. The van der Waals surface area contributed by atoms with Crippen LogP contribution in [0.4, 0.5) is 0 Å². The summed E-state index contributed by atoms with van der Waals surface area (Å²) in [4.78, 5) is 0. The van der Waals surface area contributed by atoms with Crippen molar-refractivity contribution in [2.75, 3.05) is 0 Å². The molecule has 0 radical (unpaired) electrons. The van der Waals surface area contributed by atoms with Crippen LogP contribution in [0.15, 0.2) is 58.7 Å². The van der Waals surface area contributed by atoms with Gasteiger partial charge in [-0.2, -0.15) is 10.2 Å². The number of hydrazone groups is 2. The third-order valence-electron chi connectivity index (χ3n) is 6.48.